The summed E-state index contributed by atoms with van der Waals surface area (Å²) < 4.78 is 18.3. The van der Waals surface area contributed by atoms with Crippen LogP contribution in [-0.4, -0.2) is 30.1 Å². The van der Waals surface area contributed by atoms with Crippen LogP contribution in [0.1, 0.15) is 24.2 Å². The normalized spacial score (nSPS) is 11.2. The summed E-state index contributed by atoms with van der Waals surface area (Å²) in [6.45, 7) is 3.97. The molecule has 0 spiro atoms. The molecule has 1 rings (SSSR count). The Hall–Kier alpha value is -1.49. The number of nitrogens with zero attached hydrogens (tertiary/aromatic N) is 1. The van der Waals surface area contributed by atoms with Crippen LogP contribution in [0.2, 0.25) is 0 Å². The molecule has 0 fully saturated rings. The second kappa shape index (κ2) is 5.03. The fraction of sp³-hybridized carbons (Fsp3) is 0.455. The van der Waals surface area contributed by atoms with Crippen molar-refractivity contribution >= 4 is 5.91 Å². The Labute approximate surface area is 93.8 Å². The minimum atomic E-state index is -0.629. The zero-order chi connectivity index (χ0) is 12.2. The van der Waals surface area contributed by atoms with Gasteiger partial charge in [0.05, 0.1) is 17.4 Å². The molecule has 1 heterocycles. The van der Waals surface area contributed by atoms with Gasteiger partial charge in [-0.05, 0) is 19.9 Å². The summed E-state index contributed by atoms with van der Waals surface area (Å²) in [6, 6.07) is 1.34. The third kappa shape index (κ3) is 3.27. The second-order valence-corrected chi connectivity index (χ2v) is 4.00. The molecule has 0 aromatic carbocycles. The molecule has 0 bridgehead atoms. The van der Waals surface area contributed by atoms with Crippen molar-refractivity contribution < 1.29 is 13.9 Å². The van der Waals surface area contributed by atoms with E-state index in [1.54, 1.807) is 7.11 Å². The fourth-order valence-corrected chi connectivity index (χ4v) is 1.02. The summed E-state index contributed by atoms with van der Waals surface area (Å²) >= 11 is 0. The molecular formula is C11H15FN2O2. The SMILES string of the molecule is COC(C)(C)CNC(=O)c1ccncc1F. The number of carbonyl (C=O) groups excluding carboxylic acids is 1. The predicted octanol–water partition coefficient (Wildman–Crippen LogP) is 1.38. The lowest BCUT2D eigenvalue weighted by Crippen LogP contribution is -2.40. The standard InChI is InChI=1S/C11H15FN2O2/c1-11(2,16-3)7-14-10(15)8-4-5-13-6-9(8)12/h4-6H,7H2,1-3H3,(H,14,15). The van der Waals surface area contributed by atoms with E-state index >= 15 is 0 Å². The average Bonchev–Trinajstić information content (AvgIpc) is 2.27. The maximum absolute atomic E-state index is 13.2. The summed E-state index contributed by atoms with van der Waals surface area (Å²) in [7, 11) is 1.55. The molecule has 0 saturated heterocycles. The molecule has 0 atom stereocenters. The van der Waals surface area contributed by atoms with E-state index in [9.17, 15) is 9.18 Å². The van der Waals surface area contributed by atoms with Gasteiger partial charge in [-0.3, -0.25) is 9.78 Å². The van der Waals surface area contributed by atoms with Crippen molar-refractivity contribution in [1.29, 1.82) is 0 Å². The van der Waals surface area contributed by atoms with Crippen LogP contribution in [0, 0.1) is 5.82 Å². The van der Waals surface area contributed by atoms with Crippen molar-refractivity contribution in [1.82, 2.24) is 10.3 Å². The topological polar surface area (TPSA) is 51.2 Å². The highest BCUT2D eigenvalue weighted by Gasteiger charge is 2.19. The predicted molar refractivity (Wildman–Crippen MR) is 57.6 cm³/mol. The van der Waals surface area contributed by atoms with Crippen LogP contribution in [0.5, 0.6) is 0 Å². The molecule has 1 amide bonds. The summed E-state index contributed by atoms with van der Waals surface area (Å²) in [5.41, 5.74) is -0.485. The number of carbonyl (C=O) groups is 1. The molecule has 4 nitrogen and oxygen atoms in total. The van der Waals surface area contributed by atoms with E-state index in [2.05, 4.69) is 10.3 Å². The largest absolute Gasteiger partial charge is 0.377 e. The molecule has 1 aromatic rings. The fourth-order valence-electron chi connectivity index (χ4n) is 1.02. The van der Waals surface area contributed by atoms with Crippen molar-refractivity contribution in [3.8, 4) is 0 Å². The lowest BCUT2D eigenvalue weighted by atomic mass is 10.1. The molecule has 0 unspecified atom stereocenters. The van der Waals surface area contributed by atoms with Gasteiger partial charge in [0.25, 0.3) is 5.91 Å². The van der Waals surface area contributed by atoms with Gasteiger partial charge in [-0.2, -0.15) is 0 Å². The number of pyridine rings is 1. The van der Waals surface area contributed by atoms with Crippen molar-refractivity contribution in [3.63, 3.8) is 0 Å². The lowest BCUT2D eigenvalue weighted by Gasteiger charge is -2.23. The summed E-state index contributed by atoms with van der Waals surface area (Å²) in [5.74, 6) is -1.10. The summed E-state index contributed by atoms with van der Waals surface area (Å²) in [4.78, 5) is 15.2. The van der Waals surface area contributed by atoms with Gasteiger partial charge in [-0.1, -0.05) is 0 Å². The number of rotatable bonds is 4. The first-order valence-electron chi connectivity index (χ1n) is 4.89. The number of nitrogens with one attached hydrogen (secondary N) is 1. The molecule has 1 N–H and O–H groups in total. The molecule has 16 heavy (non-hydrogen) atoms. The zero-order valence-electron chi connectivity index (χ0n) is 9.58. The Balaban J connectivity index is 2.64. The minimum Gasteiger partial charge on any atom is -0.377 e. The van der Waals surface area contributed by atoms with Crippen LogP contribution in [0.3, 0.4) is 0 Å². The molecule has 0 saturated carbocycles. The van der Waals surface area contributed by atoms with E-state index in [0.29, 0.717) is 6.54 Å². The maximum atomic E-state index is 13.2. The smallest absolute Gasteiger partial charge is 0.254 e. The van der Waals surface area contributed by atoms with Gasteiger partial charge in [-0.25, -0.2) is 4.39 Å². The van der Waals surface area contributed by atoms with Crippen LogP contribution in [0.15, 0.2) is 18.5 Å². The first kappa shape index (κ1) is 12.6. The maximum Gasteiger partial charge on any atom is 0.254 e. The monoisotopic (exact) mass is 226 g/mol. The summed E-state index contributed by atoms with van der Waals surface area (Å²) in [6.07, 6.45) is 2.38. The molecule has 88 valence electrons. The van der Waals surface area contributed by atoms with Gasteiger partial charge in [0.2, 0.25) is 0 Å². The van der Waals surface area contributed by atoms with Crippen LogP contribution < -0.4 is 5.32 Å². The number of hydrogen-bond donors (Lipinski definition) is 1. The number of ether oxygens (including phenoxy) is 1. The molecule has 1 aromatic heterocycles. The Morgan fingerprint density at radius 2 is 2.31 bits per heavy atom. The van der Waals surface area contributed by atoms with Crippen LogP contribution in [0.4, 0.5) is 4.39 Å². The van der Waals surface area contributed by atoms with Gasteiger partial charge in [-0.15, -0.1) is 0 Å². The van der Waals surface area contributed by atoms with Gasteiger partial charge in [0.15, 0.2) is 5.82 Å². The average molecular weight is 226 g/mol. The number of methoxy groups -OCH3 is 1. The first-order valence-corrected chi connectivity index (χ1v) is 4.89. The molecule has 0 radical (unpaired) electrons. The second-order valence-electron chi connectivity index (χ2n) is 4.00. The number of hydrogen-bond acceptors (Lipinski definition) is 3. The van der Waals surface area contributed by atoms with Crippen LogP contribution >= 0.6 is 0 Å². The van der Waals surface area contributed by atoms with E-state index in [1.165, 1.54) is 12.3 Å². The Morgan fingerprint density at radius 1 is 1.62 bits per heavy atom. The van der Waals surface area contributed by atoms with Crippen LogP contribution in [0.25, 0.3) is 0 Å². The van der Waals surface area contributed by atoms with Gasteiger partial charge in [0.1, 0.15) is 0 Å². The Morgan fingerprint density at radius 3 is 2.88 bits per heavy atom. The highest BCUT2D eigenvalue weighted by atomic mass is 19.1. The Kier molecular flexibility index (Phi) is 3.95. The number of aromatic nitrogens is 1. The van der Waals surface area contributed by atoms with E-state index < -0.39 is 17.3 Å². The van der Waals surface area contributed by atoms with E-state index in [-0.39, 0.29) is 5.56 Å². The van der Waals surface area contributed by atoms with Crippen molar-refractivity contribution in [2.75, 3.05) is 13.7 Å². The van der Waals surface area contributed by atoms with E-state index in [1.807, 2.05) is 13.8 Å². The quantitative estimate of drug-likeness (QED) is 0.843. The number of amides is 1. The first-order chi connectivity index (χ1) is 7.46. The third-order valence-electron chi connectivity index (χ3n) is 2.24. The van der Waals surface area contributed by atoms with Crippen LogP contribution in [-0.2, 0) is 4.74 Å². The van der Waals surface area contributed by atoms with Gasteiger partial charge in [0, 0.05) is 19.9 Å². The number of halogens is 1. The van der Waals surface area contributed by atoms with E-state index in [4.69, 9.17) is 4.74 Å². The zero-order valence-corrected chi connectivity index (χ0v) is 9.58. The minimum absolute atomic E-state index is 0.0121. The Bertz CT molecular complexity index is 380. The highest BCUT2D eigenvalue weighted by molar-refractivity contribution is 5.94. The lowest BCUT2D eigenvalue weighted by molar-refractivity contribution is 0.0228. The molecular weight excluding hydrogens is 211 g/mol. The van der Waals surface area contributed by atoms with Crippen molar-refractivity contribution in [3.05, 3.63) is 29.8 Å². The van der Waals surface area contributed by atoms with Crippen molar-refractivity contribution in [2.45, 2.75) is 19.4 Å². The molecule has 0 aliphatic heterocycles. The van der Waals surface area contributed by atoms with Gasteiger partial charge < -0.3 is 10.1 Å². The molecule has 5 heteroatoms. The van der Waals surface area contributed by atoms with Gasteiger partial charge >= 0.3 is 0 Å². The van der Waals surface area contributed by atoms with Crippen molar-refractivity contribution in [2.24, 2.45) is 0 Å². The van der Waals surface area contributed by atoms with E-state index in [0.717, 1.165) is 6.20 Å². The summed E-state index contributed by atoms with van der Waals surface area (Å²) in [5, 5.41) is 2.60. The molecule has 0 aliphatic rings. The molecule has 0 aliphatic carbocycles. The highest BCUT2D eigenvalue weighted by Crippen LogP contribution is 2.07. The third-order valence-corrected chi connectivity index (χ3v) is 2.24.